The first-order chi connectivity index (χ1) is 9.20. The number of Topliss-reactive ketones (excluding diaryl/α,β-unsaturated/α-hetero) is 1. The molecule has 0 saturated carbocycles. The van der Waals surface area contributed by atoms with Gasteiger partial charge in [-0.2, -0.15) is 0 Å². The van der Waals surface area contributed by atoms with Crippen LogP contribution in [-0.2, 0) is 0 Å². The minimum atomic E-state index is 0.239. The highest BCUT2D eigenvalue weighted by Gasteiger charge is 2.23. The van der Waals surface area contributed by atoms with Crippen LogP contribution in [0.5, 0.6) is 0 Å². The van der Waals surface area contributed by atoms with Gasteiger partial charge in [0.05, 0.1) is 6.54 Å². The fourth-order valence-corrected chi connectivity index (χ4v) is 2.79. The van der Waals surface area contributed by atoms with Crippen LogP contribution in [0.4, 0.5) is 0 Å². The van der Waals surface area contributed by atoms with Gasteiger partial charge in [-0.15, -0.1) is 0 Å². The minimum Gasteiger partial charge on any atom is -0.305 e. The Hall–Kier alpha value is -1.19. The lowest BCUT2D eigenvalue weighted by molar-refractivity contribution is 0.0888. The third-order valence-corrected chi connectivity index (χ3v) is 3.94. The fourth-order valence-electron chi connectivity index (χ4n) is 2.79. The van der Waals surface area contributed by atoms with Gasteiger partial charge in [-0.1, -0.05) is 37.3 Å². The molecule has 1 saturated heterocycles. The number of nitrogens with zero attached hydrogens (tertiary/aromatic N) is 2. The molecule has 104 valence electrons. The molecule has 0 bridgehead atoms. The van der Waals surface area contributed by atoms with E-state index < -0.39 is 0 Å². The van der Waals surface area contributed by atoms with Crippen molar-refractivity contribution < 1.29 is 4.79 Å². The molecule has 0 aliphatic carbocycles. The van der Waals surface area contributed by atoms with Crippen LogP contribution in [0.2, 0.25) is 0 Å². The molecular formula is C16H24N2O. The summed E-state index contributed by atoms with van der Waals surface area (Å²) in [7, 11) is 2.17. The summed E-state index contributed by atoms with van der Waals surface area (Å²) in [6.07, 6.45) is 2.25. The molecule has 0 N–H and O–H groups in total. The van der Waals surface area contributed by atoms with Crippen molar-refractivity contribution in [2.75, 3.05) is 33.2 Å². The third kappa shape index (κ3) is 3.88. The Morgan fingerprint density at radius 3 is 2.68 bits per heavy atom. The zero-order chi connectivity index (χ0) is 13.7. The smallest absolute Gasteiger partial charge is 0.176 e. The zero-order valence-electron chi connectivity index (χ0n) is 12.0. The standard InChI is InChI=1S/C16H24N2O/c1-3-15-12-17(2)10-7-11-18(15)13-16(19)14-8-5-4-6-9-14/h4-6,8-9,15H,3,7,10-13H2,1-2H3. The molecule has 0 spiro atoms. The summed E-state index contributed by atoms with van der Waals surface area (Å²) in [6.45, 7) is 5.99. The molecule has 1 atom stereocenters. The van der Waals surface area contributed by atoms with Crippen molar-refractivity contribution in [1.82, 2.24) is 9.80 Å². The van der Waals surface area contributed by atoms with Crippen LogP contribution in [0.15, 0.2) is 30.3 Å². The van der Waals surface area contributed by atoms with E-state index >= 15 is 0 Å². The van der Waals surface area contributed by atoms with E-state index in [-0.39, 0.29) is 5.78 Å². The SMILES string of the molecule is CCC1CN(C)CCCN1CC(=O)c1ccccc1. The first-order valence-electron chi connectivity index (χ1n) is 7.21. The number of ketones is 1. The molecule has 2 rings (SSSR count). The largest absolute Gasteiger partial charge is 0.305 e. The molecule has 0 radical (unpaired) electrons. The van der Waals surface area contributed by atoms with Crippen LogP contribution < -0.4 is 0 Å². The number of likely N-dealkylation sites (N-methyl/N-ethyl adjacent to an activating group) is 1. The van der Waals surface area contributed by atoms with E-state index in [0.29, 0.717) is 12.6 Å². The van der Waals surface area contributed by atoms with Crippen LogP contribution in [0, 0.1) is 0 Å². The molecule has 1 unspecified atom stereocenters. The second-order valence-corrected chi connectivity index (χ2v) is 5.44. The van der Waals surface area contributed by atoms with Crippen molar-refractivity contribution in [3.8, 4) is 0 Å². The van der Waals surface area contributed by atoms with Gasteiger partial charge in [-0.3, -0.25) is 9.69 Å². The third-order valence-electron chi connectivity index (χ3n) is 3.94. The number of carbonyl (C=O) groups is 1. The summed E-state index contributed by atoms with van der Waals surface area (Å²) >= 11 is 0. The number of rotatable bonds is 4. The summed E-state index contributed by atoms with van der Waals surface area (Å²) in [5.41, 5.74) is 0.829. The molecule has 1 aromatic rings. The van der Waals surface area contributed by atoms with Gasteiger partial charge in [-0.25, -0.2) is 0 Å². The quantitative estimate of drug-likeness (QED) is 0.776. The van der Waals surface area contributed by atoms with Crippen molar-refractivity contribution in [1.29, 1.82) is 0 Å². The average Bonchev–Trinajstić information content (AvgIpc) is 2.61. The summed E-state index contributed by atoms with van der Waals surface area (Å²) < 4.78 is 0. The van der Waals surface area contributed by atoms with Crippen LogP contribution >= 0.6 is 0 Å². The Labute approximate surface area is 116 Å². The number of hydrogen-bond acceptors (Lipinski definition) is 3. The number of benzene rings is 1. The second-order valence-electron chi connectivity index (χ2n) is 5.44. The van der Waals surface area contributed by atoms with Crippen molar-refractivity contribution in [3.05, 3.63) is 35.9 Å². The number of carbonyl (C=O) groups excluding carboxylic acids is 1. The molecule has 0 amide bonds. The summed E-state index contributed by atoms with van der Waals surface area (Å²) in [6, 6.07) is 10.1. The Balaban J connectivity index is 2.02. The number of hydrogen-bond donors (Lipinski definition) is 0. The van der Waals surface area contributed by atoms with Gasteiger partial charge in [0.25, 0.3) is 0 Å². The van der Waals surface area contributed by atoms with Gasteiger partial charge in [-0.05, 0) is 26.4 Å². The highest BCUT2D eigenvalue weighted by Crippen LogP contribution is 2.13. The normalized spacial score (nSPS) is 22.1. The van der Waals surface area contributed by atoms with Crippen LogP contribution in [0.25, 0.3) is 0 Å². The van der Waals surface area contributed by atoms with E-state index in [2.05, 4.69) is 23.8 Å². The van der Waals surface area contributed by atoms with Gasteiger partial charge >= 0.3 is 0 Å². The van der Waals surface area contributed by atoms with Crippen LogP contribution in [0.1, 0.15) is 30.1 Å². The molecule has 3 heteroatoms. The highest BCUT2D eigenvalue weighted by molar-refractivity contribution is 5.97. The Morgan fingerprint density at radius 1 is 1.26 bits per heavy atom. The lowest BCUT2D eigenvalue weighted by Crippen LogP contribution is -2.42. The van der Waals surface area contributed by atoms with Crippen LogP contribution in [-0.4, -0.2) is 54.9 Å². The predicted octanol–water partition coefficient (Wildman–Crippen LogP) is 2.29. The minimum absolute atomic E-state index is 0.239. The predicted molar refractivity (Wildman–Crippen MR) is 78.5 cm³/mol. The summed E-state index contributed by atoms with van der Waals surface area (Å²) in [5.74, 6) is 0.239. The van der Waals surface area contributed by atoms with Gasteiger partial charge < -0.3 is 4.90 Å². The summed E-state index contributed by atoms with van der Waals surface area (Å²) in [4.78, 5) is 17.0. The first-order valence-corrected chi connectivity index (χ1v) is 7.21. The molecule has 1 heterocycles. The Kier molecular flexibility index (Phi) is 5.11. The highest BCUT2D eigenvalue weighted by atomic mass is 16.1. The van der Waals surface area contributed by atoms with Gasteiger partial charge in [0.15, 0.2) is 5.78 Å². The monoisotopic (exact) mass is 260 g/mol. The van der Waals surface area contributed by atoms with Crippen molar-refractivity contribution in [2.45, 2.75) is 25.8 Å². The molecule has 1 aliphatic rings. The maximum Gasteiger partial charge on any atom is 0.176 e. The van der Waals surface area contributed by atoms with E-state index in [1.54, 1.807) is 0 Å². The zero-order valence-corrected chi connectivity index (χ0v) is 12.0. The van der Waals surface area contributed by atoms with E-state index in [0.717, 1.165) is 38.0 Å². The van der Waals surface area contributed by atoms with Crippen molar-refractivity contribution >= 4 is 5.78 Å². The van der Waals surface area contributed by atoms with Crippen LogP contribution in [0.3, 0.4) is 0 Å². The van der Waals surface area contributed by atoms with E-state index in [9.17, 15) is 4.79 Å². The topological polar surface area (TPSA) is 23.6 Å². The molecule has 3 nitrogen and oxygen atoms in total. The Bertz CT molecular complexity index is 404. The Morgan fingerprint density at radius 2 is 2.00 bits per heavy atom. The maximum absolute atomic E-state index is 12.3. The van der Waals surface area contributed by atoms with Gasteiger partial charge in [0, 0.05) is 24.7 Å². The molecule has 19 heavy (non-hydrogen) atoms. The second kappa shape index (κ2) is 6.83. The lowest BCUT2D eigenvalue weighted by Gasteiger charge is -2.29. The molecule has 1 fully saturated rings. The fraction of sp³-hybridized carbons (Fsp3) is 0.562. The average molecular weight is 260 g/mol. The first kappa shape index (κ1) is 14.2. The van der Waals surface area contributed by atoms with E-state index in [1.807, 2.05) is 30.3 Å². The van der Waals surface area contributed by atoms with Gasteiger partial charge in [0.2, 0.25) is 0 Å². The molecular weight excluding hydrogens is 236 g/mol. The van der Waals surface area contributed by atoms with E-state index in [1.165, 1.54) is 0 Å². The molecule has 1 aliphatic heterocycles. The molecule has 1 aromatic carbocycles. The molecule has 0 aromatic heterocycles. The van der Waals surface area contributed by atoms with Crippen molar-refractivity contribution in [3.63, 3.8) is 0 Å². The lowest BCUT2D eigenvalue weighted by atomic mass is 10.1. The summed E-state index contributed by atoms with van der Waals surface area (Å²) in [5, 5.41) is 0. The maximum atomic E-state index is 12.3. The van der Waals surface area contributed by atoms with Gasteiger partial charge in [0.1, 0.15) is 0 Å². The van der Waals surface area contributed by atoms with E-state index in [4.69, 9.17) is 0 Å². The van der Waals surface area contributed by atoms with Crippen molar-refractivity contribution in [2.24, 2.45) is 0 Å².